The van der Waals surface area contributed by atoms with E-state index < -0.39 is 0 Å². The average Bonchev–Trinajstić information content (AvgIpc) is 2.61. The van der Waals surface area contributed by atoms with Crippen molar-refractivity contribution in [1.82, 2.24) is 15.5 Å². The van der Waals surface area contributed by atoms with Gasteiger partial charge in [0.05, 0.1) is 0 Å². The molecule has 1 saturated heterocycles. The minimum atomic E-state index is -0.0988. The molecule has 0 unspecified atom stereocenters. The summed E-state index contributed by atoms with van der Waals surface area (Å²) in [6.45, 7) is 4.43. The van der Waals surface area contributed by atoms with E-state index >= 15 is 0 Å². The Bertz CT molecular complexity index is 542. The normalized spacial score (nSPS) is 15.0. The largest absolute Gasteiger partial charge is 0.351 e. The van der Waals surface area contributed by atoms with Crippen molar-refractivity contribution < 1.29 is 9.59 Å². The molecule has 1 aliphatic heterocycles. The van der Waals surface area contributed by atoms with Crippen LogP contribution >= 0.6 is 0 Å². The van der Waals surface area contributed by atoms with Gasteiger partial charge in [-0.25, -0.2) is 0 Å². The van der Waals surface area contributed by atoms with Crippen LogP contribution < -0.4 is 16.0 Å². The molecule has 0 aromatic heterocycles. The third-order valence-corrected chi connectivity index (χ3v) is 4.17. The number of piperidine rings is 1. The number of benzene rings is 1. The van der Waals surface area contributed by atoms with Gasteiger partial charge in [-0.2, -0.15) is 0 Å². The molecule has 1 aromatic rings. The second-order valence-corrected chi connectivity index (χ2v) is 6.14. The van der Waals surface area contributed by atoms with Crippen LogP contribution in [0.2, 0.25) is 0 Å². The highest BCUT2D eigenvalue weighted by atomic mass is 16.2. The van der Waals surface area contributed by atoms with Gasteiger partial charge in [0.25, 0.3) is 5.91 Å². The number of carbonyl (C=O) groups is 2. The molecule has 1 aliphatic rings. The average molecular weight is 332 g/mol. The zero-order valence-electron chi connectivity index (χ0n) is 14.4. The molecular weight excluding hydrogens is 304 g/mol. The molecule has 3 N–H and O–H groups in total. The molecule has 0 aliphatic carbocycles. The standard InChI is InChI=1S/C18H28N4O2/c1-19-9-8-17(23)21-16-7-5-6-15(14-16)18(24)20-10-13-22-11-3-2-4-12-22/h5-7,14,19H,2-4,8-13H2,1H3,(H,20,24)(H,21,23). The van der Waals surface area contributed by atoms with Crippen LogP contribution in [0, 0.1) is 0 Å². The maximum absolute atomic E-state index is 12.2. The maximum Gasteiger partial charge on any atom is 0.251 e. The van der Waals surface area contributed by atoms with E-state index in [4.69, 9.17) is 0 Å². The van der Waals surface area contributed by atoms with Crippen LogP contribution in [0.15, 0.2) is 24.3 Å². The Morgan fingerprint density at radius 2 is 1.92 bits per heavy atom. The summed E-state index contributed by atoms with van der Waals surface area (Å²) >= 11 is 0. The number of hydrogen-bond donors (Lipinski definition) is 3. The molecule has 2 rings (SSSR count). The van der Waals surface area contributed by atoms with E-state index in [1.165, 1.54) is 19.3 Å². The lowest BCUT2D eigenvalue weighted by Crippen LogP contribution is -2.37. The molecule has 0 bridgehead atoms. The van der Waals surface area contributed by atoms with Crippen LogP contribution in [-0.4, -0.2) is 56.5 Å². The van der Waals surface area contributed by atoms with E-state index in [1.54, 1.807) is 24.3 Å². The lowest BCUT2D eigenvalue weighted by atomic mass is 10.1. The van der Waals surface area contributed by atoms with Gasteiger partial charge in [-0.1, -0.05) is 12.5 Å². The molecule has 132 valence electrons. The molecule has 1 aromatic carbocycles. The van der Waals surface area contributed by atoms with Crippen molar-refractivity contribution in [3.8, 4) is 0 Å². The number of nitrogens with zero attached hydrogens (tertiary/aromatic N) is 1. The number of carbonyl (C=O) groups excluding carboxylic acids is 2. The zero-order chi connectivity index (χ0) is 17.2. The topological polar surface area (TPSA) is 73.5 Å². The summed E-state index contributed by atoms with van der Waals surface area (Å²) in [5.41, 5.74) is 1.22. The molecule has 1 fully saturated rings. The smallest absolute Gasteiger partial charge is 0.251 e. The predicted molar refractivity (Wildman–Crippen MR) is 96.2 cm³/mol. The third kappa shape index (κ3) is 6.29. The van der Waals surface area contributed by atoms with E-state index in [0.717, 1.165) is 19.6 Å². The SMILES string of the molecule is CNCCC(=O)Nc1cccc(C(=O)NCCN2CCCCC2)c1. The van der Waals surface area contributed by atoms with Gasteiger partial charge >= 0.3 is 0 Å². The monoisotopic (exact) mass is 332 g/mol. The highest BCUT2D eigenvalue weighted by molar-refractivity contribution is 5.97. The molecule has 1 heterocycles. The number of hydrogen-bond acceptors (Lipinski definition) is 4. The van der Waals surface area contributed by atoms with Crippen LogP contribution in [-0.2, 0) is 4.79 Å². The van der Waals surface area contributed by atoms with E-state index in [1.807, 2.05) is 7.05 Å². The quantitative estimate of drug-likeness (QED) is 0.674. The van der Waals surface area contributed by atoms with Crippen molar-refractivity contribution in [2.75, 3.05) is 45.1 Å². The van der Waals surface area contributed by atoms with Crippen LogP contribution in [0.1, 0.15) is 36.0 Å². The van der Waals surface area contributed by atoms with Crippen LogP contribution in [0.5, 0.6) is 0 Å². The molecule has 0 spiro atoms. The third-order valence-electron chi connectivity index (χ3n) is 4.17. The van der Waals surface area contributed by atoms with Gasteiger partial charge in [-0.15, -0.1) is 0 Å². The maximum atomic E-state index is 12.2. The first-order valence-corrected chi connectivity index (χ1v) is 8.74. The molecule has 2 amide bonds. The lowest BCUT2D eigenvalue weighted by Gasteiger charge is -2.26. The van der Waals surface area contributed by atoms with Gasteiger partial charge < -0.3 is 20.9 Å². The molecule has 6 nitrogen and oxygen atoms in total. The molecule has 0 radical (unpaired) electrons. The Hall–Kier alpha value is -1.92. The van der Waals surface area contributed by atoms with Crippen molar-refractivity contribution in [2.45, 2.75) is 25.7 Å². The predicted octanol–water partition coefficient (Wildman–Crippen LogP) is 1.45. The lowest BCUT2D eigenvalue weighted by molar-refractivity contribution is -0.116. The fourth-order valence-electron chi connectivity index (χ4n) is 2.81. The van der Waals surface area contributed by atoms with Gasteiger partial charge in [-0.3, -0.25) is 9.59 Å². The summed E-state index contributed by atoms with van der Waals surface area (Å²) in [7, 11) is 1.81. The first-order valence-electron chi connectivity index (χ1n) is 8.74. The second kappa shape index (κ2) is 10.1. The van der Waals surface area contributed by atoms with Crippen molar-refractivity contribution in [3.05, 3.63) is 29.8 Å². The fraction of sp³-hybridized carbons (Fsp3) is 0.556. The number of rotatable bonds is 8. The summed E-state index contributed by atoms with van der Waals surface area (Å²) in [5.74, 6) is -0.162. The van der Waals surface area contributed by atoms with Gasteiger partial charge in [0.1, 0.15) is 0 Å². The summed E-state index contributed by atoms with van der Waals surface area (Å²) in [4.78, 5) is 26.4. The van der Waals surface area contributed by atoms with E-state index in [-0.39, 0.29) is 11.8 Å². The Labute approximate surface area is 144 Å². The first-order chi connectivity index (χ1) is 11.7. The van der Waals surface area contributed by atoms with E-state index in [9.17, 15) is 9.59 Å². The minimum absolute atomic E-state index is 0.0630. The summed E-state index contributed by atoms with van der Waals surface area (Å²) in [5, 5.41) is 8.71. The number of anilines is 1. The molecule has 6 heteroatoms. The summed E-state index contributed by atoms with van der Waals surface area (Å²) in [6.07, 6.45) is 4.23. The van der Waals surface area contributed by atoms with Gasteiger partial charge in [0, 0.05) is 37.3 Å². The zero-order valence-corrected chi connectivity index (χ0v) is 14.4. The highest BCUT2D eigenvalue weighted by Crippen LogP contribution is 2.11. The summed E-state index contributed by atoms with van der Waals surface area (Å²) < 4.78 is 0. The van der Waals surface area contributed by atoms with Crippen LogP contribution in [0.4, 0.5) is 5.69 Å². The number of nitrogens with one attached hydrogen (secondary N) is 3. The fourth-order valence-corrected chi connectivity index (χ4v) is 2.81. The van der Waals surface area contributed by atoms with Crippen molar-refractivity contribution in [3.63, 3.8) is 0 Å². The Balaban J connectivity index is 1.78. The summed E-state index contributed by atoms with van der Waals surface area (Å²) in [6, 6.07) is 7.06. The second-order valence-electron chi connectivity index (χ2n) is 6.14. The first kappa shape index (κ1) is 18.4. The van der Waals surface area contributed by atoms with Gasteiger partial charge in [0.15, 0.2) is 0 Å². The van der Waals surface area contributed by atoms with E-state index in [2.05, 4.69) is 20.9 Å². The minimum Gasteiger partial charge on any atom is -0.351 e. The van der Waals surface area contributed by atoms with Crippen molar-refractivity contribution >= 4 is 17.5 Å². The number of likely N-dealkylation sites (tertiary alicyclic amines) is 1. The Morgan fingerprint density at radius 1 is 1.12 bits per heavy atom. The molecule has 24 heavy (non-hydrogen) atoms. The van der Waals surface area contributed by atoms with Crippen molar-refractivity contribution in [2.24, 2.45) is 0 Å². The molecular formula is C18H28N4O2. The van der Waals surface area contributed by atoms with Crippen LogP contribution in [0.3, 0.4) is 0 Å². The highest BCUT2D eigenvalue weighted by Gasteiger charge is 2.11. The Morgan fingerprint density at radius 3 is 2.67 bits per heavy atom. The van der Waals surface area contributed by atoms with E-state index in [0.29, 0.717) is 30.8 Å². The molecule has 0 atom stereocenters. The van der Waals surface area contributed by atoms with Crippen LogP contribution in [0.25, 0.3) is 0 Å². The molecule has 0 saturated carbocycles. The Kier molecular flexibility index (Phi) is 7.71. The van der Waals surface area contributed by atoms with Gasteiger partial charge in [0.2, 0.25) is 5.91 Å². The van der Waals surface area contributed by atoms with Gasteiger partial charge in [-0.05, 0) is 51.2 Å². The van der Waals surface area contributed by atoms with Crippen molar-refractivity contribution in [1.29, 1.82) is 0 Å². The number of amides is 2.